The van der Waals surface area contributed by atoms with Crippen molar-refractivity contribution in [3.05, 3.63) is 48.0 Å². The van der Waals surface area contributed by atoms with Crippen LogP contribution in [0.15, 0.2) is 47.4 Å². The Kier molecular flexibility index (Phi) is 5.55. The van der Waals surface area contributed by atoms with E-state index in [0.717, 1.165) is 16.2 Å². The van der Waals surface area contributed by atoms with Gasteiger partial charge < -0.3 is 19.5 Å². The molecule has 6 heteroatoms. The number of benzene rings is 2. The lowest BCUT2D eigenvalue weighted by molar-refractivity contribution is 0.290. The summed E-state index contributed by atoms with van der Waals surface area (Å²) in [4.78, 5) is 1.05. The van der Waals surface area contributed by atoms with E-state index in [2.05, 4.69) is 0 Å². The van der Waals surface area contributed by atoms with Crippen LogP contribution in [0, 0.1) is 0 Å². The van der Waals surface area contributed by atoms with Crippen LogP contribution in [-0.2, 0) is 6.61 Å². The molecule has 0 saturated carbocycles. The summed E-state index contributed by atoms with van der Waals surface area (Å²) in [6.45, 7) is 0.293. The van der Waals surface area contributed by atoms with Crippen molar-refractivity contribution >= 4 is 24.3 Å². The molecule has 0 spiro atoms. The van der Waals surface area contributed by atoms with E-state index in [1.807, 2.05) is 30.5 Å². The third kappa shape index (κ3) is 3.94. The van der Waals surface area contributed by atoms with Crippen molar-refractivity contribution in [2.75, 3.05) is 13.4 Å². The van der Waals surface area contributed by atoms with Gasteiger partial charge in [-0.1, -0.05) is 24.3 Å². The topological polar surface area (TPSA) is 58.9 Å². The lowest BCUT2D eigenvalue weighted by Crippen LogP contribution is -2.30. The molecule has 0 amide bonds. The number of ether oxygens (including phenoxy) is 2. The van der Waals surface area contributed by atoms with E-state index in [9.17, 15) is 10.0 Å². The van der Waals surface area contributed by atoms with Gasteiger partial charge in [-0.3, -0.25) is 0 Å². The SMILES string of the molecule is COc1ccc(B(O)O)cc1COc1ccccc1SC. The molecule has 0 aliphatic rings. The van der Waals surface area contributed by atoms with Gasteiger partial charge in [0, 0.05) is 10.5 Å². The normalized spacial score (nSPS) is 10.3. The molecule has 2 N–H and O–H groups in total. The molecular weight excluding hydrogens is 287 g/mol. The van der Waals surface area contributed by atoms with Gasteiger partial charge in [-0.05, 0) is 29.9 Å². The van der Waals surface area contributed by atoms with Crippen LogP contribution in [0.2, 0.25) is 0 Å². The van der Waals surface area contributed by atoms with Crippen molar-refractivity contribution in [3.8, 4) is 11.5 Å². The lowest BCUT2D eigenvalue weighted by Gasteiger charge is -2.13. The number of thioether (sulfide) groups is 1. The van der Waals surface area contributed by atoms with E-state index in [1.54, 1.807) is 37.1 Å². The molecule has 0 bridgehead atoms. The highest BCUT2D eigenvalue weighted by Gasteiger charge is 2.14. The molecule has 0 aromatic heterocycles. The Morgan fingerprint density at radius 1 is 1.10 bits per heavy atom. The van der Waals surface area contributed by atoms with Gasteiger partial charge in [0.25, 0.3) is 0 Å². The molecule has 0 heterocycles. The fraction of sp³-hybridized carbons (Fsp3) is 0.200. The number of para-hydroxylation sites is 1. The molecular formula is C15H17BO4S. The van der Waals surface area contributed by atoms with Crippen LogP contribution in [0.3, 0.4) is 0 Å². The van der Waals surface area contributed by atoms with Crippen molar-refractivity contribution in [2.24, 2.45) is 0 Å². The summed E-state index contributed by atoms with van der Waals surface area (Å²) in [7, 11) is 0.0668. The Balaban J connectivity index is 2.20. The molecule has 0 atom stereocenters. The molecule has 0 saturated heterocycles. The molecule has 2 aromatic rings. The molecule has 110 valence electrons. The van der Waals surface area contributed by atoms with Crippen molar-refractivity contribution in [1.29, 1.82) is 0 Å². The van der Waals surface area contributed by atoms with Gasteiger partial charge in [-0.2, -0.15) is 0 Å². The molecule has 2 aromatic carbocycles. The van der Waals surface area contributed by atoms with Crippen molar-refractivity contribution in [2.45, 2.75) is 11.5 Å². The average molecular weight is 304 g/mol. The second-order valence-electron chi connectivity index (χ2n) is 4.38. The maximum Gasteiger partial charge on any atom is 0.488 e. The fourth-order valence-corrected chi connectivity index (χ4v) is 2.51. The van der Waals surface area contributed by atoms with Gasteiger partial charge in [0.15, 0.2) is 0 Å². The molecule has 0 radical (unpaired) electrons. The Bertz CT molecular complexity index is 604. The zero-order valence-corrected chi connectivity index (χ0v) is 12.8. The van der Waals surface area contributed by atoms with Crippen LogP contribution in [0.4, 0.5) is 0 Å². The molecule has 21 heavy (non-hydrogen) atoms. The van der Waals surface area contributed by atoms with Gasteiger partial charge in [0.1, 0.15) is 18.1 Å². The van der Waals surface area contributed by atoms with Gasteiger partial charge >= 0.3 is 7.12 Å². The second-order valence-corrected chi connectivity index (χ2v) is 5.23. The number of hydrogen-bond donors (Lipinski definition) is 2. The maximum absolute atomic E-state index is 9.25. The van der Waals surface area contributed by atoms with E-state index in [1.165, 1.54) is 0 Å². The third-order valence-corrected chi connectivity index (χ3v) is 3.83. The fourth-order valence-electron chi connectivity index (χ4n) is 1.97. The summed E-state index contributed by atoms with van der Waals surface area (Å²) in [5.41, 5.74) is 1.17. The summed E-state index contributed by atoms with van der Waals surface area (Å²) in [5.74, 6) is 1.45. The minimum Gasteiger partial charge on any atom is -0.496 e. The van der Waals surface area contributed by atoms with E-state index in [4.69, 9.17) is 9.47 Å². The first-order valence-electron chi connectivity index (χ1n) is 6.44. The van der Waals surface area contributed by atoms with Crippen LogP contribution >= 0.6 is 11.8 Å². The van der Waals surface area contributed by atoms with Gasteiger partial charge in [-0.25, -0.2) is 0 Å². The quantitative estimate of drug-likeness (QED) is 0.628. The predicted molar refractivity (Wildman–Crippen MR) is 85.4 cm³/mol. The first-order chi connectivity index (χ1) is 10.2. The molecule has 0 aliphatic heterocycles. The average Bonchev–Trinajstić information content (AvgIpc) is 2.52. The minimum absolute atomic E-state index is 0.293. The van der Waals surface area contributed by atoms with Gasteiger partial charge in [0.2, 0.25) is 0 Å². The molecule has 2 rings (SSSR count). The van der Waals surface area contributed by atoms with Crippen LogP contribution < -0.4 is 14.9 Å². The van der Waals surface area contributed by atoms with E-state index < -0.39 is 7.12 Å². The highest BCUT2D eigenvalue weighted by Crippen LogP contribution is 2.28. The lowest BCUT2D eigenvalue weighted by atomic mass is 9.79. The van der Waals surface area contributed by atoms with Crippen LogP contribution in [0.25, 0.3) is 0 Å². The standard InChI is InChI=1S/C15H17BO4S/c1-19-13-8-7-12(16(17)18)9-11(13)10-20-14-5-3-4-6-15(14)21-2/h3-9,17-18H,10H2,1-2H3. The van der Waals surface area contributed by atoms with Crippen LogP contribution in [0.1, 0.15) is 5.56 Å². The molecule has 4 nitrogen and oxygen atoms in total. The van der Waals surface area contributed by atoms with E-state index in [-0.39, 0.29) is 0 Å². The summed E-state index contributed by atoms with van der Waals surface area (Å²) in [5, 5.41) is 18.5. The second kappa shape index (κ2) is 7.40. The Labute approximate surface area is 128 Å². The monoisotopic (exact) mass is 304 g/mol. The highest BCUT2D eigenvalue weighted by molar-refractivity contribution is 7.98. The van der Waals surface area contributed by atoms with E-state index in [0.29, 0.717) is 17.8 Å². The first-order valence-corrected chi connectivity index (χ1v) is 7.67. The maximum atomic E-state index is 9.25. The predicted octanol–water partition coefficient (Wildman–Crippen LogP) is 1.68. The van der Waals surface area contributed by atoms with Crippen molar-refractivity contribution in [3.63, 3.8) is 0 Å². The third-order valence-electron chi connectivity index (χ3n) is 3.05. The van der Waals surface area contributed by atoms with E-state index >= 15 is 0 Å². The smallest absolute Gasteiger partial charge is 0.488 e. The Hall–Kier alpha value is -1.63. The molecule has 0 aliphatic carbocycles. The van der Waals surface area contributed by atoms with Crippen molar-refractivity contribution < 1.29 is 19.5 Å². The summed E-state index contributed by atoms with van der Waals surface area (Å²) >= 11 is 1.61. The Morgan fingerprint density at radius 2 is 1.86 bits per heavy atom. The zero-order chi connectivity index (χ0) is 15.2. The highest BCUT2D eigenvalue weighted by atomic mass is 32.2. The first kappa shape index (κ1) is 15.8. The van der Waals surface area contributed by atoms with Gasteiger partial charge in [0.05, 0.1) is 7.11 Å². The van der Waals surface area contributed by atoms with Crippen molar-refractivity contribution in [1.82, 2.24) is 0 Å². The number of hydrogen-bond acceptors (Lipinski definition) is 5. The van der Waals surface area contributed by atoms with Gasteiger partial charge in [-0.15, -0.1) is 11.8 Å². The minimum atomic E-state index is -1.51. The van der Waals surface area contributed by atoms with Crippen LogP contribution in [-0.4, -0.2) is 30.5 Å². The zero-order valence-electron chi connectivity index (χ0n) is 11.9. The molecule has 0 unspecified atom stereocenters. The number of rotatable bonds is 6. The summed E-state index contributed by atoms with van der Waals surface area (Å²) in [6, 6.07) is 12.8. The largest absolute Gasteiger partial charge is 0.496 e. The summed E-state index contributed by atoms with van der Waals surface area (Å²) in [6.07, 6.45) is 1.99. The molecule has 0 fully saturated rings. The Morgan fingerprint density at radius 3 is 2.52 bits per heavy atom. The van der Waals surface area contributed by atoms with Crippen LogP contribution in [0.5, 0.6) is 11.5 Å². The number of methoxy groups -OCH3 is 1. The summed E-state index contributed by atoms with van der Waals surface area (Å²) < 4.78 is 11.1.